The Morgan fingerprint density at radius 3 is 1.41 bits per heavy atom. The smallest absolute Gasteiger partial charge is 0.226 e. The van der Waals surface area contributed by atoms with E-state index in [1.54, 1.807) is 0 Å². The molecule has 4 fully saturated rings. The van der Waals surface area contributed by atoms with Gasteiger partial charge in [-0.2, -0.15) is 0 Å². The maximum absolute atomic E-state index is 13.3. The molecule has 2 saturated carbocycles. The lowest BCUT2D eigenvalue weighted by Crippen LogP contribution is -2.47. The molecule has 8 heteroatoms. The number of aliphatic hydroxyl groups excluding tert-OH is 1. The van der Waals surface area contributed by atoms with E-state index in [-0.39, 0.29) is 82.5 Å². The molecule has 0 aromatic rings. The maximum atomic E-state index is 13.3. The largest absolute Gasteiger partial charge is 0.396 e. The van der Waals surface area contributed by atoms with Gasteiger partial charge in [0.25, 0.3) is 0 Å². The van der Waals surface area contributed by atoms with E-state index in [9.17, 15) is 29.1 Å². The molecule has 2 saturated heterocycles. The van der Waals surface area contributed by atoms with Gasteiger partial charge in [0.15, 0.2) is 11.6 Å². The highest BCUT2D eigenvalue weighted by atomic mass is 16.3. The molecular formula is C48H76N2O6. The number of Topliss-reactive ketones (excluding diaryl/α,β-unsaturated/α-hetero) is 2. The van der Waals surface area contributed by atoms with Gasteiger partial charge in [-0.25, -0.2) is 0 Å². The van der Waals surface area contributed by atoms with Crippen molar-refractivity contribution in [2.75, 3.05) is 19.7 Å². The van der Waals surface area contributed by atoms with E-state index < -0.39 is 0 Å². The molecule has 0 aromatic carbocycles. The summed E-state index contributed by atoms with van der Waals surface area (Å²) in [6.07, 6.45) is 27.0. The minimum Gasteiger partial charge on any atom is -0.396 e. The van der Waals surface area contributed by atoms with Crippen LogP contribution < -0.4 is 0 Å². The van der Waals surface area contributed by atoms with Gasteiger partial charge in [0.05, 0.1) is 12.1 Å². The van der Waals surface area contributed by atoms with E-state index in [0.29, 0.717) is 37.1 Å². The Labute approximate surface area is 339 Å². The van der Waals surface area contributed by atoms with Crippen molar-refractivity contribution in [2.24, 2.45) is 58.2 Å². The second-order valence-corrected chi connectivity index (χ2v) is 19.9. The molecule has 8 nitrogen and oxygen atoms in total. The van der Waals surface area contributed by atoms with Gasteiger partial charge in [-0.15, -0.1) is 0 Å². The minimum atomic E-state index is -0.310. The Kier molecular flexibility index (Phi) is 15.8. The molecule has 2 amide bonds. The van der Waals surface area contributed by atoms with Crippen LogP contribution >= 0.6 is 0 Å². The van der Waals surface area contributed by atoms with Crippen LogP contribution in [-0.2, 0) is 24.0 Å². The summed E-state index contributed by atoms with van der Waals surface area (Å²) in [5, 5.41) is 9.80. The number of piperidine rings is 2. The van der Waals surface area contributed by atoms with Crippen LogP contribution in [0.2, 0.25) is 0 Å². The Hall–Kier alpha value is -2.61. The third kappa shape index (κ3) is 10.5. The van der Waals surface area contributed by atoms with Gasteiger partial charge in [-0.3, -0.25) is 19.2 Å². The van der Waals surface area contributed by atoms with E-state index in [2.05, 4.69) is 52.0 Å². The number of fused-ring (bicyclic) bond motifs is 6. The summed E-state index contributed by atoms with van der Waals surface area (Å²) < 4.78 is 0. The zero-order chi connectivity index (χ0) is 40.6. The van der Waals surface area contributed by atoms with Crippen LogP contribution in [0.25, 0.3) is 0 Å². The van der Waals surface area contributed by atoms with Crippen molar-refractivity contribution in [3.05, 3.63) is 24.3 Å². The summed E-state index contributed by atoms with van der Waals surface area (Å²) in [5.74, 6) is 1.86. The first kappa shape index (κ1) is 44.5. The van der Waals surface area contributed by atoms with E-state index in [1.807, 2.05) is 23.6 Å². The van der Waals surface area contributed by atoms with E-state index >= 15 is 0 Å². The van der Waals surface area contributed by atoms with E-state index in [1.165, 1.54) is 0 Å². The zero-order valence-electron chi connectivity index (χ0n) is 35.9. The molecule has 0 unspecified atom stereocenters. The summed E-state index contributed by atoms with van der Waals surface area (Å²) in [4.78, 5) is 68.2. The summed E-state index contributed by atoms with van der Waals surface area (Å²) in [5.41, 5.74) is 0.306. The Bertz CT molecular complexity index is 1430. The van der Waals surface area contributed by atoms with Crippen LogP contribution in [0.15, 0.2) is 24.3 Å². The number of hydrogen-bond acceptors (Lipinski definition) is 6. The van der Waals surface area contributed by atoms with Crippen LogP contribution in [-0.4, -0.2) is 76.4 Å². The zero-order valence-corrected chi connectivity index (χ0v) is 35.9. The molecule has 2 aliphatic carbocycles. The average molecular weight is 777 g/mol. The first-order valence-corrected chi connectivity index (χ1v) is 22.8. The SMILES string of the molecule is C[C@H]1CCCCC=CCCCC[C@@H](C=O)CC(=O)[C@@H]2[C@@H]3[C@H](CN2C1=O)C3(C)C.C[C@H]1CCCCC=CCCCC[C@@H](CO)CC(=O)[C@@H]2[C@@H]3[C@H](CN2C1=O)C3(C)C. The Morgan fingerprint density at radius 1 is 0.607 bits per heavy atom. The van der Waals surface area contributed by atoms with Gasteiger partial charge >= 0.3 is 0 Å². The molecule has 1 N–H and O–H groups in total. The highest BCUT2D eigenvalue weighted by Crippen LogP contribution is 2.66. The molecule has 6 aliphatic rings. The highest BCUT2D eigenvalue weighted by molar-refractivity contribution is 5.93. The third-order valence-electron chi connectivity index (χ3n) is 15.2. The van der Waals surface area contributed by atoms with E-state index in [4.69, 9.17) is 0 Å². The molecule has 6 rings (SSSR count). The van der Waals surface area contributed by atoms with Crippen molar-refractivity contribution >= 4 is 29.7 Å². The minimum absolute atomic E-state index is 0.00999. The summed E-state index contributed by atoms with van der Waals surface area (Å²) in [7, 11) is 0. The van der Waals surface area contributed by atoms with Crippen LogP contribution in [0, 0.1) is 58.2 Å². The molecular weight excluding hydrogens is 701 g/mol. The molecule has 4 heterocycles. The molecule has 10 atom stereocenters. The number of aliphatic hydroxyl groups is 1. The van der Waals surface area contributed by atoms with Crippen molar-refractivity contribution in [1.82, 2.24) is 9.80 Å². The molecule has 314 valence electrons. The second kappa shape index (κ2) is 19.9. The lowest BCUT2D eigenvalue weighted by atomic mass is 9.89. The van der Waals surface area contributed by atoms with Crippen LogP contribution in [0.3, 0.4) is 0 Å². The standard InChI is InChI=1S/C24H39NO3.C24H37NO3/c2*1-17-12-10-8-6-4-5-7-9-11-13-18(16-26)14-20(27)22-21-19(24(21,2)3)15-25(22)23(17)28/h4-5,17-19,21-22,26H,6-16H2,1-3H3;4-5,16-19,21-22H,6-15H2,1-3H3/t2*17-,18+,19-,21-,22+/m00/s1. The first-order chi connectivity index (χ1) is 26.7. The summed E-state index contributed by atoms with van der Waals surface area (Å²) in [6.45, 7) is 14.5. The highest BCUT2D eigenvalue weighted by Gasteiger charge is 2.70. The monoisotopic (exact) mass is 777 g/mol. The number of amides is 2. The Balaban J connectivity index is 0.000000214. The normalized spacial score (nSPS) is 37.2. The Morgan fingerprint density at radius 2 is 1.00 bits per heavy atom. The van der Waals surface area contributed by atoms with Gasteiger partial charge in [0.1, 0.15) is 6.29 Å². The number of carbonyl (C=O) groups excluding carboxylic acids is 5. The topological polar surface area (TPSA) is 112 Å². The lowest BCUT2D eigenvalue weighted by Gasteiger charge is -2.32. The molecule has 0 spiro atoms. The number of carbonyl (C=O) groups is 5. The van der Waals surface area contributed by atoms with Crippen LogP contribution in [0.1, 0.15) is 157 Å². The van der Waals surface area contributed by atoms with E-state index in [0.717, 1.165) is 116 Å². The van der Waals surface area contributed by atoms with Gasteiger partial charge in [0, 0.05) is 50.3 Å². The van der Waals surface area contributed by atoms with Crippen molar-refractivity contribution in [2.45, 2.75) is 169 Å². The number of allylic oxidation sites excluding steroid dienone is 4. The summed E-state index contributed by atoms with van der Waals surface area (Å²) >= 11 is 0. The second-order valence-electron chi connectivity index (χ2n) is 19.9. The number of rotatable bonds is 2. The predicted octanol–water partition coefficient (Wildman–Crippen LogP) is 8.93. The number of hydrogen-bond donors (Lipinski definition) is 1. The number of aldehydes is 1. The fraction of sp³-hybridized carbons (Fsp3) is 0.812. The molecule has 56 heavy (non-hydrogen) atoms. The van der Waals surface area contributed by atoms with Crippen molar-refractivity contribution in [3.8, 4) is 0 Å². The molecule has 0 bridgehead atoms. The number of nitrogens with zero attached hydrogens (tertiary/aromatic N) is 2. The number of ketones is 2. The van der Waals surface area contributed by atoms with Crippen molar-refractivity contribution in [3.63, 3.8) is 0 Å². The fourth-order valence-corrected chi connectivity index (χ4v) is 11.1. The van der Waals surface area contributed by atoms with Gasteiger partial charge in [0.2, 0.25) is 11.8 Å². The van der Waals surface area contributed by atoms with Gasteiger partial charge in [-0.1, -0.05) is 91.5 Å². The average Bonchev–Trinajstić information content (AvgIpc) is 3.63. The van der Waals surface area contributed by atoms with Gasteiger partial charge in [-0.05, 0) is 117 Å². The third-order valence-corrected chi connectivity index (χ3v) is 15.2. The summed E-state index contributed by atoms with van der Waals surface area (Å²) in [6, 6.07) is -0.573. The maximum Gasteiger partial charge on any atom is 0.226 e. The van der Waals surface area contributed by atoms with Gasteiger partial charge < -0.3 is 19.7 Å². The lowest BCUT2D eigenvalue weighted by molar-refractivity contribution is -0.143. The quantitative estimate of drug-likeness (QED) is 0.222. The van der Waals surface area contributed by atoms with Crippen molar-refractivity contribution in [1.29, 1.82) is 0 Å². The molecule has 4 aliphatic heterocycles. The fourth-order valence-electron chi connectivity index (χ4n) is 11.1. The molecule has 0 radical (unpaired) electrons. The van der Waals surface area contributed by atoms with Crippen LogP contribution in [0.5, 0.6) is 0 Å². The first-order valence-electron chi connectivity index (χ1n) is 22.8. The molecule has 0 aromatic heterocycles. The van der Waals surface area contributed by atoms with Crippen LogP contribution in [0.4, 0.5) is 0 Å². The van der Waals surface area contributed by atoms with Crippen molar-refractivity contribution < 1.29 is 29.1 Å². The predicted molar refractivity (Wildman–Crippen MR) is 222 cm³/mol.